The minimum atomic E-state index is -0.303. The number of nitrogens with one attached hydrogen (secondary N) is 1. The van der Waals surface area contributed by atoms with E-state index in [0.29, 0.717) is 28.5 Å². The second kappa shape index (κ2) is 5.70. The van der Waals surface area contributed by atoms with E-state index in [9.17, 15) is 9.59 Å². The van der Waals surface area contributed by atoms with Crippen molar-refractivity contribution in [2.24, 2.45) is 0 Å². The molecule has 23 heavy (non-hydrogen) atoms. The first-order chi connectivity index (χ1) is 11.0. The molecule has 1 aliphatic heterocycles. The summed E-state index contributed by atoms with van der Waals surface area (Å²) in [5.74, 6) is -0.774. The highest BCUT2D eigenvalue weighted by Crippen LogP contribution is 2.40. The van der Waals surface area contributed by atoms with E-state index in [1.165, 1.54) is 4.90 Å². The number of nitrogens with zero attached hydrogens (tertiary/aromatic N) is 3. The summed E-state index contributed by atoms with van der Waals surface area (Å²) < 4.78 is 1.64. The third kappa shape index (κ3) is 2.39. The molecule has 0 saturated carbocycles. The first-order valence-corrected chi connectivity index (χ1v) is 7.87. The normalized spacial score (nSPS) is 13.4. The molecule has 3 rings (SSSR count). The fourth-order valence-electron chi connectivity index (χ4n) is 2.79. The Bertz CT molecular complexity index is 797. The number of hydrogen-bond acceptors (Lipinski definition) is 3. The third-order valence-electron chi connectivity index (χ3n) is 3.74. The first-order valence-electron chi connectivity index (χ1n) is 7.34. The summed E-state index contributed by atoms with van der Waals surface area (Å²) in [5.41, 5.74) is 2.64. The van der Waals surface area contributed by atoms with Crippen molar-refractivity contribution >= 4 is 40.5 Å². The molecule has 1 aromatic heterocycles. The fourth-order valence-corrected chi connectivity index (χ4v) is 2.91. The second-order valence-corrected chi connectivity index (χ2v) is 5.92. The number of anilines is 3. The van der Waals surface area contributed by atoms with Crippen LogP contribution >= 0.6 is 11.6 Å². The average Bonchev–Trinajstić information content (AvgIpc) is 2.80. The average molecular weight is 333 g/mol. The Balaban J connectivity index is 2.34. The minimum Gasteiger partial charge on any atom is -0.319 e. The quantitative estimate of drug-likeness (QED) is 0.858. The molecule has 0 radical (unpaired) electrons. The smallest absolute Gasteiger partial charge is 0.276 e. The number of carbonyl (C=O) groups excluding carboxylic acids is 2. The van der Waals surface area contributed by atoms with Crippen LogP contribution in [-0.2, 0) is 4.79 Å². The van der Waals surface area contributed by atoms with Crippen LogP contribution in [0, 0.1) is 6.92 Å². The summed E-state index contributed by atoms with van der Waals surface area (Å²) in [4.78, 5) is 26.7. The van der Waals surface area contributed by atoms with E-state index in [4.69, 9.17) is 11.6 Å². The standard InChI is InChI=1S/C16H17ClN4O2/c1-9(2)21-15-14(10(3)19-21)20(13(22)8-17)12-7-5-4-6-11(12)18-16(15)23/h4-7,9H,8H2,1-3H3,(H,18,23). The molecule has 2 heterocycles. The molecule has 120 valence electrons. The number of aromatic nitrogens is 2. The van der Waals surface area contributed by atoms with Crippen LogP contribution in [0.2, 0.25) is 0 Å². The van der Waals surface area contributed by atoms with Gasteiger partial charge in [-0.3, -0.25) is 19.2 Å². The largest absolute Gasteiger partial charge is 0.319 e. The SMILES string of the molecule is Cc1nn(C(C)C)c2c1N(C(=O)CCl)c1ccccc1NC2=O. The number of benzene rings is 1. The van der Waals surface area contributed by atoms with Crippen LogP contribution in [0.5, 0.6) is 0 Å². The fraction of sp³-hybridized carbons (Fsp3) is 0.312. The predicted octanol–water partition coefficient (Wildman–Crippen LogP) is 3.24. The van der Waals surface area contributed by atoms with Gasteiger partial charge in [-0.15, -0.1) is 11.6 Å². The van der Waals surface area contributed by atoms with E-state index in [-0.39, 0.29) is 23.7 Å². The van der Waals surface area contributed by atoms with E-state index < -0.39 is 0 Å². The van der Waals surface area contributed by atoms with Gasteiger partial charge in [-0.2, -0.15) is 5.10 Å². The highest BCUT2D eigenvalue weighted by Gasteiger charge is 2.34. The molecule has 1 N–H and O–H groups in total. The zero-order chi connectivity index (χ0) is 16.7. The topological polar surface area (TPSA) is 67.2 Å². The molecule has 0 saturated heterocycles. The molecule has 2 amide bonds. The molecule has 7 heteroatoms. The molecule has 0 fully saturated rings. The number of hydrogen-bond donors (Lipinski definition) is 1. The Morgan fingerprint density at radius 3 is 2.70 bits per heavy atom. The number of carbonyl (C=O) groups is 2. The lowest BCUT2D eigenvalue weighted by molar-refractivity contribution is -0.115. The van der Waals surface area contributed by atoms with Gasteiger partial charge in [0.1, 0.15) is 11.6 Å². The molecule has 0 aliphatic carbocycles. The maximum Gasteiger partial charge on any atom is 0.276 e. The summed E-state index contributed by atoms with van der Waals surface area (Å²) in [6.07, 6.45) is 0. The van der Waals surface area contributed by atoms with Crippen LogP contribution in [0.15, 0.2) is 24.3 Å². The van der Waals surface area contributed by atoms with E-state index in [1.54, 1.807) is 29.8 Å². The summed E-state index contributed by atoms with van der Waals surface area (Å²) in [7, 11) is 0. The van der Waals surface area contributed by atoms with Crippen LogP contribution in [-0.4, -0.2) is 27.5 Å². The lowest BCUT2D eigenvalue weighted by Crippen LogP contribution is -2.28. The summed E-state index contributed by atoms with van der Waals surface area (Å²) >= 11 is 5.81. The lowest BCUT2D eigenvalue weighted by Gasteiger charge is -2.22. The van der Waals surface area contributed by atoms with Gasteiger partial charge >= 0.3 is 0 Å². The predicted molar refractivity (Wildman–Crippen MR) is 89.6 cm³/mol. The maximum atomic E-state index is 12.7. The Morgan fingerprint density at radius 1 is 1.35 bits per heavy atom. The molecule has 0 spiro atoms. The highest BCUT2D eigenvalue weighted by atomic mass is 35.5. The number of alkyl halides is 1. The van der Waals surface area contributed by atoms with Crippen LogP contribution in [0.4, 0.5) is 17.1 Å². The van der Waals surface area contributed by atoms with E-state index in [2.05, 4.69) is 10.4 Å². The van der Waals surface area contributed by atoms with Crippen molar-refractivity contribution in [3.8, 4) is 0 Å². The van der Waals surface area contributed by atoms with E-state index in [1.807, 2.05) is 19.9 Å². The minimum absolute atomic E-state index is 0.0163. The zero-order valence-electron chi connectivity index (χ0n) is 13.1. The molecule has 0 bridgehead atoms. The van der Waals surface area contributed by atoms with Gasteiger partial charge < -0.3 is 5.32 Å². The summed E-state index contributed by atoms with van der Waals surface area (Å²) in [6, 6.07) is 7.14. The van der Waals surface area contributed by atoms with Gasteiger partial charge in [0.25, 0.3) is 5.91 Å². The molecule has 1 aliphatic rings. The van der Waals surface area contributed by atoms with Crippen molar-refractivity contribution in [1.82, 2.24) is 9.78 Å². The van der Waals surface area contributed by atoms with Gasteiger partial charge in [0.2, 0.25) is 5.91 Å². The molecule has 6 nitrogen and oxygen atoms in total. The summed E-state index contributed by atoms with van der Waals surface area (Å²) in [5, 5.41) is 7.30. The monoisotopic (exact) mass is 332 g/mol. The van der Waals surface area contributed by atoms with Crippen LogP contribution in [0.3, 0.4) is 0 Å². The lowest BCUT2D eigenvalue weighted by atomic mass is 10.2. The van der Waals surface area contributed by atoms with Gasteiger partial charge in [-0.05, 0) is 32.9 Å². The molecular formula is C16H17ClN4O2. The van der Waals surface area contributed by atoms with Gasteiger partial charge in [-0.25, -0.2) is 0 Å². The number of aryl methyl sites for hydroxylation is 1. The van der Waals surface area contributed by atoms with Crippen molar-refractivity contribution in [2.75, 3.05) is 16.1 Å². The molecule has 0 atom stereocenters. The summed E-state index contributed by atoms with van der Waals surface area (Å²) in [6.45, 7) is 5.66. The highest BCUT2D eigenvalue weighted by molar-refractivity contribution is 6.31. The van der Waals surface area contributed by atoms with Crippen molar-refractivity contribution < 1.29 is 9.59 Å². The van der Waals surface area contributed by atoms with Crippen molar-refractivity contribution in [2.45, 2.75) is 26.8 Å². The number of amides is 2. The second-order valence-electron chi connectivity index (χ2n) is 5.65. The van der Waals surface area contributed by atoms with Gasteiger partial charge in [0, 0.05) is 6.04 Å². The van der Waals surface area contributed by atoms with Gasteiger partial charge in [0.05, 0.1) is 17.1 Å². The van der Waals surface area contributed by atoms with Crippen LogP contribution in [0.25, 0.3) is 0 Å². The van der Waals surface area contributed by atoms with Crippen LogP contribution in [0.1, 0.15) is 36.1 Å². The van der Waals surface area contributed by atoms with Gasteiger partial charge in [0.15, 0.2) is 5.69 Å². The van der Waals surface area contributed by atoms with Crippen molar-refractivity contribution in [3.05, 3.63) is 35.7 Å². The number of para-hydroxylation sites is 2. The Kier molecular flexibility index (Phi) is 3.85. The number of halogens is 1. The number of fused-ring (bicyclic) bond motifs is 2. The third-order valence-corrected chi connectivity index (χ3v) is 3.97. The molecule has 2 aromatic rings. The van der Waals surface area contributed by atoms with Gasteiger partial charge in [-0.1, -0.05) is 12.1 Å². The maximum absolute atomic E-state index is 12.7. The Hall–Kier alpha value is -2.34. The molecule has 1 aromatic carbocycles. The Labute approximate surface area is 139 Å². The van der Waals surface area contributed by atoms with E-state index in [0.717, 1.165) is 0 Å². The first kappa shape index (κ1) is 15.6. The molecule has 0 unspecified atom stereocenters. The number of rotatable bonds is 2. The molecular weight excluding hydrogens is 316 g/mol. The van der Waals surface area contributed by atoms with Crippen LogP contribution < -0.4 is 10.2 Å². The van der Waals surface area contributed by atoms with Crippen molar-refractivity contribution in [1.29, 1.82) is 0 Å². The van der Waals surface area contributed by atoms with E-state index >= 15 is 0 Å². The Morgan fingerprint density at radius 2 is 2.04 bits per heavy atom. The van der Waals surface area contributed by atoms with Crippen molar-refractivity contribution in [3.63, 3.8) is 0 Å². The zero-order valence-corrected chi connectivity index (χ0v) is 13.9.